The molecule has 1 fully saturated rings. The quantitative estimate of drug-likeness (QED) is 0.846. The molecule has 0 aromatic carbocycles. The van der Waals surface area contributed by atoms with Gasteiger partial charge < -0.3 is 15.2 Å². The van der Waals surface area contributed by atoms with E-state index in [-0.39, 0.29) is 5.54 Å². The fraction of sp³-hybridized carbons (Fsp3) is 0.706. The van der Waals surface area contributed by atoms with E-state index in [4.69, 9.17) is 15.2 Å². The van der Waals surface area contributed by atoms with E-state index in [0.717, 1.165) is 35.4 Å². The number of rotatable bonds is 5. The second-order valence-corrected chi connectivity index (χ2v) is 6.32. The summed E-state index contributed by atoms with van der Waals surface area (Å²) in [6, 6.07) is 0. The van der Waals surface area contributed by atoms with Crippen molar-refractivity contribution in [1.82, 2.24) is 4.98 Å². The Morgan fingerprint density at radius 1 is 1.19 bits per heavy atom. The van der Waals surface area contributed by atoms with Crippen LogP contribution in [0.25, 0.3) is 0 Å². The maximum Gasteiger partial charge on any atom is 0.128 e. The van der Waals surface area contributed by atoms with Crippen LogP contribution < -0.4 is 10.5 Å². The topological polar surface area (TPSA) is 57.4 Å². The molecule has 1 aliphatic rings. The second-order valence-electron chi connectivity index (χ2n) is 6.32. The zero-order valence-corrected chi connectivity index (χ0v) is 13.6. The molecule has 0 amide bonds. The fourth-order valence-corrected chi connectivity index (χ4v) is 3.14. The summed E-state index contributed by atoms with van der Waals surface area (Å²) in [5.74, 6) is 0.903. The summed E-state index contributed by atoms with van der Waals surface area (Å²) in [5.41, 5.74) is 9.37. The molecule has 0 bridgehead atoms. The van der Waals surface area contributed by atoms with Crippen molar-refractivity contribution in [2.45, 2.75) is 64.5 Å². The molecule has 2 rings (SSSR count). The Morgan fingerprint density at radius 3 is 2.48 bits per heavy atom. The van der Waals surface area contributed by atoms with E-state index in [0.29, 0.717) is 13.2 Å². The summed E-state index contributed by atoms with van der Waals surface area (Å²) >= 11 is 0. The van der Waals surface area contributed by atoms with E-state index in [1.54, 1.807) is 7.11 Å². The van der Waals surface area contributed by atoms with Crippen LogP contribution in [-0.2, 0) is 11.3 Å². The molecule has 4 heteroatoms. The second kappa shape index (κ2) is 7.23. The summed E-state index contributed by atoms with van der Waals surface area (Å²) in [6.07, 6.45) is 9.01. The molecule has 0 saturated heterocycles. The van der Waals surface area contributed by atoms with E-state index in [9.17, 15) is 0 Å². The Morgan fingerprint density at radius 2 is 1.86 bits per heavy atom. The van der Waals surface area contributed by atoms with E-state index in [2.05, 4.69) is 4.98 Å². The monoisotopic (exact) mass is 292 g/mol. The lowest BCUT2D eigenvalue weighted by Crippen LogP contribution is -2.43. The molecular formula is C17H28N2O2. The van der Waals surface area contributed by atoms with E-state index >= 15 is 0 Å². The number of aromatic nitrogens is 1. The molecule has 0 spiro atoms. The SMILES string of the molecule is COc1c(C)cnc(COCC2(N)CCCCCC2)c1C. The molecular weight excluding hydrogens is 264 g/mol. The first-order chi connectivity index (χ1) is 10.1. The van der Waals surface area contributed by atoms with Crippen molar-refractivity contribution in [1.29, 1.82) is 0 Å². The largest absolute Gasteiger partial charge is 0.496 e. The van der Waals surface area contributed by atoms with Crippen LogP contribution in [0.3, 0.4) is 0 Å². The molecule has 1 aliphatic carbocycles. The van der Waals surface area contributed by atoms with Gasteiger partial charge in [0.2, 0.25) is 0 Å². The highest BCUT2D eigenvalue weighted by atomic mass is 16.5. The third-order valence-corrected chi connectivity index (χ3v) is 4.48. The normalized spacial score (nSPS) is 18.3. The van der Waals surface area contributed by atoms with Gasteiger partial charge >= 0.3 is 0 Å². The smallest absolute Gasteiger partial charge is 0.128 e. The molecule has 118 valence electrons. The molecule has 0 unspecified atom stereocenters. The van der Waals surface area contributed by atoms with Crippen molar-refractivity contribution >= 4 is 0 Å². The molecule has 0 radical (unpaired) electrons. The minimum Gasteiger partial charge on any atom is -0.496 e. The lowest BCUT2D eigenvalue weighted by atomic mass is 9.93. The predicted molar refractivity (Wildman–Crippen MR) is 84.5 cm³/mol. The zero-order chi connectivity index (χ0) is 15.3. The Labute approximate surface area is 128 Å². The van der Waals surface area contributed by atoms with Crippen LogP contribution in [-0.4, -0.2) is 24.2 Å². The van der Waals surface area contributed by atoms with E-state index < -0.39 is 0 Å². The predicted octanol–water partition coefficient (Wildman–Crippen LogP) is 3.28. The average molecular weight is 292 g/mol. The fourth-order valence-electron chi connectivity index (χ4n) is 3.14. The van der Waals surface area contributed by atoms with Crippen LogP contribution in [0.1, 0.15) is 55.3 Å². The third-order valence-electron chi connectivity index (χ3n) is 4.48. The lowest BCUT2D eigenvalue weighted by Gasteiger charge is -2.27. The van der Waals surface area contributed by atoms with E-state index in [1.807, 2.05) is 20.0 Å². The van der Waals surface area contributed by atoms with Crippen molar-refractivity contribution in [2.24, 2.45) is 5.73 Å². The zero-order valence-electron chi connectivity index (χ0n) is 13.6. The third kappa shape index (κ3) is 4.17. The van der Waals surface area contributed by atoms with Gasteiger partial charge in [-0.05, 0) is 26.7 Å². The van der Waals surface area contributed by atoms with Crippen molar-refractivity contribution in [3.05, 3.63) is 23.0 Å². The number of methoxy groups -OCH3 is 1. The minimum absolute atomic E-state index is 0.154. The number of nitrogens with zero attached hydrogens (tertiary/aromatic N) is 1. The molecule has 1 saturated carbocycles. The number of ether oxygens (including phenoxy) is 2. The van der Waals surface area contributed by atoms with Crippen LogP contribution in [0.15, 0.2) is 6.20 Å². The van der Waals surface area contributed by atoms with Gasteiger partial charge in [0.25, 0.3) is 0 Å². The average Bonchev–Trinajstić information content (AvgIpc) is 2.67. The Balaban J connectivity index is 1.94. The number of hydrogen-bond donors (Lipinski definition) is 1. The first kappa shape index (κ1) is 16.2. The first-order valence-electron chi connectivity index (χ1n) is 7.91. The maximum absolute atomic E-state index is 6.47. The van der Waals surface area contributed by atoms with Gasteiger partial charge in [-0.3, -0.25) is 4.98 Å². The van der Waals surface area contributed by atoms with Crippen LogP contribution >= 0.6 is 0 Å². The number of aryl methyl sites for hydroxylation is 1. The Kier molecular flexibility index (Phi) is 5.59. The van der Waals surface area contributed by atoms with Gasteiger partial charge in [0, 0.05) is 22.9 Å². The number of hydrogen-bond acceptors (Lipinski definition) is 4. The van der Waals surface area contributed by atoms with Gasteiger partial charge in [-0.25, -0.2) is 0 Å². The van der Waals surface area contributed by atoms with Crippen molar-refractivity contribution in [2.75, 3.05) is 13.7 Å². The molecule has 1 aromatic heterocycles. The Hall–Kier alpha value is -1.13. The van der Waals surface area contributed by atoms with Crippen molar-refractivity contribution in [3.8, 4) is 5.75 Å². The van der Waals surface area contributed by atoms with Gasteiger partial charge in [0.15, 0.2) is 0 Å². The summed E-state index contributed by atoms with van der Waals surface area (Å²) in [7, 11) is 1.69. The summed E-state index contributed by atoms with van der Waals surface area (Å²) in [6.45, 7) is 5.15. The van der Waals surface area contributed by atoms with Gasteiger partial charge in [-0.1, -0.05) is 25.7 Å². The molecule has 1 aromatic rings. The van der Waals surface area contributed by atoms with Crippen LogP contribution in [0, 0.1) is 13.8 Å². The molecule has 0 aliphatic heterocycles. The van der Waals surface area contributed by atoms with Crippen LogP contribution in [0.2, 0.25) is 0 Å². The molecule has 1 heterocycles. The lowest BCUT2D eigenvalue weighted by molar-refractivity contribution is 0.0645. The molecule has 21 heavy (non-hydrogen) atoms. The minimum atomic E-state index is -0.154. The summed E-state index contributed by atoms with van der Waals surface area (Å²) in [5, 5.41) is 0. The van der Waals surface area contributed by atoms with Crippen molar-refractivity contribution in [3.63, 3.8) is 0 Å². The Bertz CT molecular complexity index is 466. The molecule has 0 atom stereocenters. The number of pyridine rings is 1. The molecule has 2 N–H and O–H groups in total. The van der Waals surface area contributed by atoms with Gasteiger partial charge in [0.05, 0.1) is 26.0 Å². The van der Waals surface area contributed by atoms with Gasteiger partial charge in [0.1, 0.15) is 5.75 Å². The first-order valence-corrected chi connectivity index (χ1v) is 7.91. The highest BCUT2D eigenvalue weighted by Crippen LogP contribution is 2.27. The van der Waals surface area contributed by atoms with E-state index in [1.165, 1.54) is 25.7 Å². The summed E-state index contributed by atoms with van der Waals surface area (Å²) < 4.78 is 11.3. The summed E-state index contributed by atoms with van der Waals surface area (Å²) in [4.78, 5) is 4.46. The highest BCUT2D eigenvalue weighted by Gasteiger charge is 2.26. The standard InChI is InChI=1S/C17H28N2O2/c1-13-10-19-15(14(2)16(13)20-3)11-21-12-17(18)8-6-4-5-7-9-17/h10H,4-9,11-12,18H2,1-3H3. The van der Waals surface area contributed by atoms with Gasteiger partial charge in [-0.15, -0.1) is 0 Å². The highest BCUT2D eigenvalue weighted by molar-refractivity contribution is 5.40. The van der Waals surface area contributed by atoms with Crippen molar-refractivity contribution < 1.29 is 9.47 Å². The number of nitrogens with two attached hydrogens (primary N) is 1. The molecule has 4 nitrogen and oxygen atoms in total. The van der Waals surface area contributed by atoms with Crippen LogP contribution in [0.4, 0.5) is 0 Å². The van der Waals surface area contributed by atoms with Gasteiger partial charge in [-0.2, -0.15) is 0 Å². The van der Waals surface area contributed by atoms with Crippen LogP contribution in [0.5, 0.6) is 5.75 Å². The maximum atomic E-state index is 6.47.